The van der Waals surface area contributed by atoms with Crippen molar-refractivity contribution in [2.24, 2.45) is 0 Å². The number of hydrogen-bond acceptors (Lipinski definition) is 0. The summed E-state index contributed by atoms with van der Waals surface area (Å²) in [6.07, 6.45) is 7.71. The fourth-order valence-corrected chi connectivity index (χ4v) is 2.90. The number of rotatable bonds is 3. The molecule has 0 bridgehead atoms. The summed E-state index contributed by atoms with van der Waals surface area (Å²) < 4.78 is 0. The van der Waals surface area contributed by atoms with Gasteiger partial charge in [0.25, 0.3) is 0 Å². The molecule has 0 aromatic heterocycles. The molecule has 0 unspecified atom stereocenters. The summed E-state index contributed by atoms with van der Waals surface area (Å²) in [5.41, 5.74) is 4.14. The fourth-order valence-electron chi connectivity index (χ4n) is 2.90. The molecule has 1 aliphatic rings. The fraction of sp³-hybridized carbons (Fsp3) is 0.158. The number of allylic oxidation sites excluding steroid dienone is 4. The summed E-state index contributed by atoms with van der Waals surface area (Å²) in [7, 11) is 0. The van der Waals surface area contributed by atoms with Crippen molar-refractivity contribution in [3.05, 3.63) is 95.6 Å². The zero-order valence-electron chi connectivity index (χ0n) is 11.2. The zero-order chi connectivity index (χ0) is 13.1. The zero-order valence-corrected chi connectivity index (χ0v) is 11.2. The van der Waals surface area contributed by atoms with E-state index in [-0.39, 0.29) is 5.41 Å². The van der Waals surface area contributed by atoms with Crippen LogP contribution in [-0.4, -0.2) is 0 Å². The molecule has 0 amide bonds. The van der Waals surface area contributed by atoms with Crippen LogP contribution in [0, 0.1) is 0 Å². The highest BCUT2D eigenvalue weighted by Crippen LogP contribution is 2.41. The topological polar surface area (TPSA) is 0 Å². The van der Waals surface area contributed by atoms with Gasteiger partial charge in [0.1, 0.15) is 0 Å². The highest BCUT2D eigenvalue weighted by Gasteiger charge is 2.32. The second-order valence-corrected chi connectivity index (χ2v) is 5.18. The summed E-state index contributed by atoms with van der Waals surface area (Å²) in [5, 5.41) is 0. The van der Waals surface area contributed by atoms with Crippen molar-refractivity contribution in [3.63, 3.8) is 0 Å². The lowest BCUT2D eigenvalue weighted by molar-refractivity contribution is 0.662. The summed E-state index contributed by atoms with van der Waals surface area (Å²) in [6, 6.07) is 21.6. The minimum atomic E-state index is -0.0357. The minimum absolute atomic E-state index is 0.0357. The van der Waals surface area contributed by atoms with Gasteiger partial charge in [-0.05, 0) is 24.5 Å². The average Bonchev–Trinajstić information content (AvgIpc) is 3.03. The molecule has 19 heavy (non-hydrogen) atoms. The molecule has 3 rings (SSSR count). The van der Waals surface area contributed by atoms with E-state index in [9.17, 15) is 0 Å². The second-order valence-electron chi connectivity index (χ2n) is 5.18. The molecule has 0 atom stereocenters. The Balaban J connectivity index is 2.17. The highest BCUT2D eigenvalue weighted by molar-refractivity contribution is 5.50. The highest BCUT2D eigenvalue weighted by atomic mass is 14.3. The normalized spacial score (nSPS) is 14.5. The summed E-state index contributed by atoms with van der Waals surface area (Å²) >= 11 is 0. The van der Waals surface area contributed by atoms with E-state index in [4.69, 9.17) is 0 Å². The molecule has 2 aromatic rings. The monoisotopic (exact) mass is 246 g/mol. The van der Waals surface area contributed by atoms with Crippen molar-refractivity contribution in [1.82, 2.24) is 0 Å². The van der Waals surface area contributed by atoms with Crippen molar-refractivity contribution in [1.29, 1.82) is 0 Å². The van der Waals surface area contributed by atoms with E-state index >= 15 is 0 Å². The van der Waals surface area contributed by atoms with Crippen LogP contribution >= 0.6 is 0 Å². The molecule has 0 N–H and O–H groups in total. The first-order valence-electron chi connectivity index (χ1n) is 6.79. The van der Waals surface area contributed by atoms with Crippen LogP contribution in [0.1, 0.15) is 24.5 Å². The van der Waals surface area contributed by atoms with E-state index < -0.39 is 0 Å². The maximum atomic E-state index is 2.33. The third-order valence-corrected chi connectivity index (χ3v) is 4.12. The SMILES string of the molecule is CC(C1=CC=CC1)(c1ccccc1)c1ccccc1. The molecule has 0 heteroatoms. The van der Waals surface area contributed by atoms with Gasteiger partial charge in [0.15, 0.2) is 0 Å². The predicted octanol–water partition coefficient (Wildman–Crippen LogP) is 4.88. The Morgan fingerprint density at radius 1 is 0.789 bits per heavy atom. The van der Waals surface area contributed by atoms with Gasteiger partial charge in [-0.2, -0.15) is 0 Å². The standard InChI is InChI=1S/C19H18/c1-19(18-14-8-9-15-18,16-10-4-2-5-11-16)17-12-6-3-7-13-17/h2-14H,15H2,1H3. The first kappa shape index (κ1) is 12.0. The first-order valence-corrected chi connectivity index (χ1v) is 6.79. The van der Waals surface area contributed by atoms with Gasteiger partial charge in [-0.25, -0.2) is 0 Å². The lowest BCUT2D eigenvalue weighted by Crippen LogP contribution is -2.25. The summed E-state index contributed by atoms with van der Waals surface area (Å²) in [5.74, 6) is 0. The molecule has 0 spiro atoms. The van der Waals surface area contributed by atoms with Crippen LogP contribution in [0.2, 0.25) is 0 Å². The lowest BCUT2D eigenvalue weighted by atomic mass is 9.70. The van der Waals surface area contributed by atoms with Crippen molar-refractivity contribution in [3.8, 4) is 0 Å². The van der Waals surface area contributed by atoms with Crippen molar-refractivity contribution in [2.45, 2.75) is 18.8 Å². The van der Waals surface area contributed by atoms with E-state index in [2.05, 4.69) is 85.8 Å². The van der Waals surface area contributed by atoms with Gasteiger partial charge in [0.2, 0.25) is 0 Å². The van der Waals surface area contributed by atoms with Crippen LogP contribution in [0.4, 0.5) is 0 Å². The van der Waals surface area contributed by atoms with E-state index in [0.29, 0.717) is 0 Å². The third kappa shape index (κ3) is 2.04. The van der Waals surface area contributed by atoms with Crippen LogP contribution in [0.3, 0.4) is 0 Å². The smallest absolute Gasteiger partial charge is 0.0389 e. The summed E-state index contributed by atoms with van der Waals surface area (Å²) in [6.45, 7) is 2.33. The minimum Gasteiger partial charge on any atom is -0.0804 e. The molecule has 1 aliphatic carbocycles. The lowest BCUT2D eigenvalue weighted by Gasteiger charge is -2.33. The van der Waals surface area contributed by atoms with Gasteiger partial charge < -0.3 is 0 Å². The van der Waals surface area contributed by atoms with E-state index in [1.165, 1.54) is 16.7 Å². The Labute approximate surface area is 115 Å². The molecule has 94 valence electrons. The van der Waals surface area contributed by atoms with Gasteiger partial charge in [0, 0.05) is 5.41 Å². The second kappa shape index (κ2) is 4.89. The van der Waals surface area contributed by atoms with E-state index in [1.807, 2.05) is 0 Å². The van der Waals surface area contributed by atoms with Gasteiger partial charge in [-0.1, -0.05) is 84.5 Å². The van der Waals surface area contributed by atoms with Gasteiger partial charge in [0.05, 0.1) is 0 Å². The van der Waals surface area contributed by atoms with Crippen molar-refractivity contribution in [2.75, 3.05) is 0 Å². The van der Waals surface area contributed by atoms with Crippen LogP contribution in [-0.2, 0) is 5.41 Å². The van der Waals surface area contributed by atoms with E-state index in [1.54, 1.807) is 0 Å². The van der Waals surface area contributed by atoms with Gasteiger partial charge >= 0.3 is 0 Å². The van der Waals surface area contributed by atoms with Gasteiger partial charge in [-0.3, -0.25) is 0 Å². The molecule has 0 fully saturated rings. The average molecular weight is 246 g/mol. The maximum Gasteiger partial charge on any atom is 0.0389 e. The predicted molar refractivity (Wildman–Crippen MR) is 81.2 cm³/mol. The van der Waals surface area contributed by atoms with Crippen LogP contribution in [0.25, 0.3) is 0 Å². The van der Waals surface area contributed by atoms with E-state index in [0.717, 1.165) is 6.42 Å². The number of hydrogen-bond donors (Lipinski definition) is 0. The molecule has 0 saturated carbocycles. The molecule has 0 nitrogen and oxygen atoms in total. The maximum absolute atomic E-state index is 2.33. The molecule has 0 radical (unpaired) electrons. The Bertz CT molecular complexity index is 564. The molecular formula is C19H18. The quantitative estimate of drug-likeness (QED) is 0.724. The number of benzene rings is 2. The molecule has 0 aliphatic heterocycles. The van der Waals surface area contributed by atoms with Crippen molar-refractivity contribution >= 4 is 0 Å². The Morgan fingerprint density at radius 3 is 1.74 bits per heavy atom. The Hall–Kier alpha value is -2.08. The molecule has 0 heterocycles. The van der Waals surface area contributed by atoms with Crippen LogP contribution in [0.15, 0.2) is 84.5 Å². The first-order chi connectivity index (χ1) is 9.32. The van der Waals surface area contributed by atoms with Gasteiger partial charge in [-0.15, -0.1) is 0 Å². The van der Waals surface area contributed by atoms with Crippen molar-refractivity contribution < 1.29 is 0 Å². The largest absolute Gasteiger partial charge is 0.0804 e. The Morgan fingerprint density at radius 2 is 1.32 bits per heavy atom. The van der Waals surface area contributed by atoms with Crippen LogP contribution < -0.4 is 0 Å². The molecule has 0 saturated heterocycles. The third-order valence-electron chi connectivity index (χ3n) is 4.12. The molecular weight excluding hydrogens is 228 g/mol. The summed E-state index contributed by atoms with van der Waals surface area (Å²) in [4.78, 5) is 0. The molecule has 2 aromatic carbocycles. The van der Waals surface area contributed by atoms with Crippen LogP contribution in [0.5, 0.6) is 0 Å². The Kier molecular flexibility index (Phi) is 3.08.